The summed E-state index contributed by atoms with van der Waals surface area (Å²) in [5.41, 5.74) is 1.44. The highest BCUT2D eigenvalue weighted by atomic mass is 16.6. The van der Waals surface area contributed by atoms with Crippen LogP contribution in [0.25, 0.3) is 0 Å². The molecule has 0 radical (unpaired) electrons. The second-order valence-corrected chi connectivity index (χ2v) is 4.73. The van der Waals surface area contributed by atoms with Crippen LogP contribution < -0.4 is 0 Å². The molecule has 1 saturated carbocycles. The number of fused-ring (bicyclic) bond motifs is 1. The molecule has 1 heterocycles. The minimum absolute atomic E-state index is 0.703. The third kappa shape index (κ3) is 3.49. The lowest BCUT2D eigenvalue weighted by Gasteiger charge is -2.06. The van der Waals surface area contributed by atoms with Crippen LogP contribution in [0.2, 0.25) is 0 Å². The van der Waals surface area contributed by atoms with E-state index in [0.717, 1.165) is 0 Å². The van der Waals surface area contributed by atoms with Crippen LogP contribution in [-0.4, -0.2) is 12.2 Å². The zero-order chi connectivity index (χ0) is 10.5. The Morgan fingerprint density at radius 3 is 2.27 bits per heavy atom. The molecule has 1 aliphatic heterocycles. The van der Waals surface area contributed by atoms with E-state index in [9.17, 15) is 0 Å². The minimum Gasteiger partial charge on any atom is -0.370 e. The normalized spacial score (nSPS) is 32.9. The highest BCUT2D eigenvalue weighted by Crippen LogP contribution is 2.35. The summed E-state index contributed by atoms with van der Waals surface area (Å²) in [5, 5.41) is 0. The van der Waals surface area contributed by atoms with E-state index in [1.54, 1.807) is 0 Å². The van der Waals surface area contributed by atoms with E-state index in [2.05, 4.69) is 12.7 Å². The van der Waals surface area contributed by atoms with Crippen LogP contribution in [0, 0.1) is 0 Å². The topological polar surface area (TPSA) is 12.5 Å². The maximum absolute atomic E-state index is 5.28. The zero-order valence-corrected chi connectivity index (χ0v) is 9.58. The summed E-state index contributed by atoms with van der Waals surface area (Å²) in [6.45, 7) is 3.72. The van der Waals surface area contributed by atoms with Gasteiger partial charge in [-0.1, -0.05) is 37.1 Å². The Labute approximate surface area is 93.2 Å². The second-order valence-electron chi connectivity index (χ2n) is 4.73. The Kier molecular flexibility index (Phi) is 4.01. The predicted octanol–water partition coefficient (Wildman–Crippen LogP) is 4.00. The molecule has 15 heavy (non-hydrogen) atoms. The van der Waals surface area contributed by atoms with E-state index >= 15 is 0 Å². The maximum Gasteiger partial charge on any atom is 0.0841 e. The molecule has 84 valence electrons. The first kappa shape index (κ1) is 10.9. The molecule has 2 aliphatic carbocycles. The van der Waals surface area contributed by atoms with Crippen molar-refractivity contribution >= 4 is 0 Å². The van der Waals surface area contributed by atoms with Crippen LogP contribution in [0.5, 0.6) is 0 Å². The molecular formula is C14H22O. The van der Waals surface area contributed by atoms with Gasteiger partial charge in [-0.15, -0.1) is 0 Å². The Bertz CT molecular complexity index is 232. The van der Waals surface area contributed by atoms with Gasteiger partial charge in [-0.25, -0.2) is 0 Å². The molecule has 2 unspecified atom stereocenters. The van der Waals surface area contributed by atoms with E-state index in [4.69, 9.17) is 4.74 Å². The van der Waals surface area contributed by atoms with Gasteiger partial charge in [0.1, 0.15) is 0 Å². The number of epoxide rings is 1. The summed E-state index contributed by atoms with van der Waals surface area (Å²) in [6.07, 6.45) is 16.4. The van der Waals surface area contributed by atoms with Crippen molar-refractivity contribution in [3.63, 3.8) is 0 Å². The summed E-state index contributed by atoms with van der Waals surface area (Å²) in [4.78, 5) is 0. The summed E-state index contributed by atoms with van der Waals surface area (Å²) in [7, 11) is 0. The van der Waals surface area contributed by atoms with Gasteiger partial charge < -0.3 is 4.74 Å². The molecule has 0 spiro atoms. The number of rotatable bonds is 1. The standard InChI is InChI=1S/C8H12.C6H10O/c1-2-8-6-4-3-5-7-8;1-2-4-6-5(3-1)7-6/h2,6H,1,3-5,7H2;5-6H,1-4H2. The van der Waals surface area contributed by atoms with Gasteiger partial charge in [0, 0.05) is 0 Å². The highest BCUT2D eigenvalue weighted by Gasteiger charge is 2.39. The molecule has 2 atom stereocenters. The summed E-state index contributed by atoms with van der Waals surface area (Å²) >= 11 is 0. The van der Waals surface area contributed by atoms with Gasteiger partial charge in [-0.3, -0.25) is 0 Å². The van der Waals surface area contributed by atoms with Gasteiger partial charge in [0.2, 0.25) is 0 Å². The summed E-state index contributed by atoms with van der Waals surface area (Å²) in [6, 6.07) is 0. The third-order valence-electron chi connectivity index (χ3n) is 3.50. The largest absolute Gasteiger partial charge is 0.370 e. The first-order chi connectivity index (χ1) is 7.40. The van der Waals surface area contributed by atoms with Gasteiger partial charge in [0.25, 0.3) is 0 Å². The fraction of sp³-hybridized carbons (Fsp3) is 0.714. The molecule has 0 aromatic heterocycles. The van der Waals surface area contributed by atoms with E-state index < -0.39 is 0 Å². The Balaban J connectivity index is 0.000000114. The van der Waals surface area contributed by atoms with Crippen molar-refractivity contribution < 1.29 is 4.74 Å². The van der Waals surface area contributed by atoms with Crippen molar-refractivity contribution in [3.8, 4) is 0 Å². The monoisotopic (exact) mass is 206 g/mol. The maximum atomic E-state index is 5.28. The Hall–Kier alpha value is -0.560. The highest BCUT2D eigenvalue weighted by molar-refractivity contribution is 5.17. The average molecular weight is 206 g/mol. The van der Waals surface area contributed by atoms with E-state index in [1.165, 1.54) is 56.9 Å². The van der Waals surface area contributed by atoms with Gasteiger partial charge in [-0.2, -0.15) is 0 Å². The van der Waals surface area contributed by atoms with E-state index in [-0.39, 0.29) is 0 Å². The molecule has 2 fully saturated rings. The van der Waals surface area contributed by atoms with Crippen molar-refractivity contribution in [2.75, 3.05) is 0 Å². The molecule has 3 rings (SSSR count). The average Bonchev–Trinajstić information content (AvgIpc) is 3.10. The van der Waals surface area contributed by atoms with Crippen molar-refractivity contribution in [3.05, 3.63) is 24.3 Å². The molecule has 1 nitrogen and oxygen atoms in total. The fourth-order valence-corrected chi connectivity index (χ4v) is 2.43. The number of allylic oxidation sites excluding steroid dienone is 3. The van der Waals surface area contributed by atoms with Crippen LogP contribution in [0.1, 0.15) is 51.4 Å². The molecular weight excluding hydrogens is 184 g/mol. The molecule has 0 aromatic carbocycles. The molecule has 0 amide bonds. The van der Waals surface area contributed by atoms with Crippen LogP contribution in [0.3, 0.4) is 0 Å². The molecule has 0 bridgehead atoms. The Morgan fingerprint density at radius 1 is 1.13 bits per heavy atom. The van der Waals surface area contributed by atoms with Crippen LogP contribution in [-0.2, 0) is 4.74 Å². The molecule has 0 aromatic rings. The van der Waals surface area contributed by atoms with E-state index in [1.807, 2.05) is 6.08 Å². The predicted molar refractivity (Wildman–Crippen MR) is 63.9 cm³/mol. The van der Waals surface area contributed by atoms with E-state index in [0.29, 0.717) is 12.2 Å². The third-order valence-corrected chi connectivity index (χ3v) is 3.50. The van der Waals surface area contributed by atoms with Crippen molar-refractivity contribution in [1.29, 1.82) is 0 Å². The van der Waals surface area contributed by atoms with Gasteiger partial charge in [-0.05, 0) is 38.5 Å². The second kappa shape index (κ2) is 5.50. The Morgan fingerprint density at radius 2 is 1.87 bits per heavy atom. The smallest absolute Gasteiger partial charge is 0.0841 e. The lowest BCUT2D eigenvalue weighted by molar-refractivity contribution is 0.373. The zero-order valence-electron chi connectivity index (χ0n) is 9.58. The molecule has 1 heteroatoms. The van der Waals surface area contributed by atoms with Gasteiger partial charge in [0.15, 0.2) is 0 Å². The number of hydrogen-bond donors (Lipinski definition) is 0. The SMILES string of the molecule is C1CCC2OC2C1.C=CC1=CCCCC1. The fourth-order valence-electron chi connectivity index (χ4n) is 2.43. The quantitative estimate of drug-likeness (QED) is 0.591. The van der Waals surface area contributed by atoms with Crippen molar-refractivity contribution in [1.82, 2.24) is 0 Å². The lowest BCUT2D eigenvalue weighted by Crippen LogP contribution is -2.00. The van der Waals surface area contributed by atoms with Crippen molar-refractivity contribution in [2.45, 2.75) is 63.6 Å². The molecule has 0 N–H and O–H groups in total. The molecule has 1 saturated heterocycles. The van der Waals surface area contributed by atoms with Gasteiger partial charge in [0.05, 0.1) is 12.2 Å². The first-order valence-corrected chi connectivity index (χ1v) is 6.37. The van der Waals surface area contributed by atoms with Crippen LogP contribution >= 0.6 is 0 Å². The summed E-state index contributed by atoms with van der Waals surface area (Å²) < 4.78 is 5.28. The number of ether oxygens (including phenoxy) is 1. The van der Waals surface area contributed by atoms with Crippen molar-refractivity contribution in [2.24, 2.45) is 0 Å². The van der Waals surface area contributed by atoms with Crippen LogP contribution in [0.15, 0.2) is 24.3 Å². The molecule has 3 aliphatic rings. The summed E-state index contributed by atoms with van der Waals surface area (Å²) in [5.74, 6) is 0. The first-order valence-electron chi connectivity index (χ1n) is 6.37. The number of hydrogen-bond acceptors (Lipinski definition) is 1. The van der Waals surface area contributed by atoms with Gasteiger partial charge >= 0.3 is 0 Å². The van der Waals surface area contributed by atoms with Crippen LogP contribution in [0.4, 0.5) is 0 Å². The minimum atomic E-state index is 0.703. The lowest BCUT2D eigenvalue weighted by atomic mass is 10.0.